The summed E-state index contributed by atoms with van der Waals surface area (Å²) in [4.78, 5) is 27.7. The topological polar surface area (TPSA) is 76.1 Å². The normalized spacial score (nSPS) is 16.9. The molecule has 1 fully saturated rings. The Morgan fingerprint density at radius 3 is 2.36 bits per heavy atom. The minimum absolute atomic E-state index is 0.0609. The van der Waals surface area contributed by atoms with Gasteiger partial charge in [-0.1, -0.05) is 31.9 Å². The van der Waals surface area contributed by atoms with E-state index in [4.69, 9.17) is 9.47 Å². The number of aliphatic hydroxyl groups is 1. The molecular formula is C29H28FNO5. The second-order valence-corrected chi connectivity index (χ2v) is 8.50. The number of amides is 1. The van der Waals surface area contributed by atoms with Gasteiger partial charge in [-0.2, -0.15) is 0 Å². The molecule has 186 valence electrons. The summed E-state index contributed by atoms with van der Waals surface area (Å²) in [7, 11) is 1.52. The van der Waals surface area contributed by atoms with Crippen LogP contribution in [0.5, 0.6) is 11.5 Å². The monoisotopic (exact) mass is 489 g/mol. The summed E-state index contributed by atoms with van der Waals surface area (Å²) >= 11 is 0. The quantitative estimate of drug-likeness (QED) is 0.172. The average molecular weight is 490 g/mol. The number of ketones is 1. The highest BCUT2D eigenvalue weighted by Crippen LogP contribution is 2.43. The lowest BCUT2D eigenvalue weighted by molar-refractivity contribution is -0.132. The fourth-order valence-electron chi connectivity index (χ4n) is 4.23. The Morgan fingerprint density at radius 2 is 1.69 bits per heavy atom. The molecule has 1 amide bonds. The van der Waals surface area contributed by atoms with E-state index in [0.29, 0.717) is 34.9 Å². The summed E-state index contributed by atoms with van der Waals surface area (Å²) in [5.74, 6) is -1.23. The Hall–Kier alpha value is -4.13. The van der Waals surface area contributed by atoms with Crippen molar-refractivity contribution in [2.24, 2.45) is 0 Å². The third-order valence-corrected chi connectivity index (χ3v) is 6.10. The Labute approximate surface area is 209 Å². The van der Waals surface area contributed by atoms with Gasteiger partial charge in [-0.3, -0.25) is 14.5 Å². The lowest BCUT2D eigenvalue weighted by Gasteiger charge is -2.25. The van der Waals surface area contributed by atoms with Gasteiger partial charge in [0, 0.05) is 11.3 Å². The van der Waals surface area contributed by atoms with E-state index >= 15 is 0 Å². The number of halogens is 1. The van der Waals surface area contributed by atoms with E-state index in [1.807, 2.05) is 0 Å². The summed E-state index contributed by atoms with van der Waals surface area (Å²) in [5.41, 5.74) is 1.21. The van der Waals surface area contributed by atoms with E-state index in [0.717, 1.165) is 19.3 Å². The second kappa shape index (κ2) is 11.1. The molecule has 0 aromatic heterocycles. The van der Waals surface area contributed by atoms with Crippen molar-refractivity contribution in [2.45, 2.75) is 32.2 Å². The first-order valence-corrected chi connectivity index (χ1v) is 11.9. The zero-order valence-corrected chi connectivity index (χ0v) is 20.2. The first-order valence-electron chi connectivity index (χ1n) is 11.9. The lowest BCUT2D eigenvalue weighted by atomic mass is 9.95. The molecule has 1 heterocycles. The number of unbranched alkanes of at least 4 members (excludes halogenated alkanes) is 2. The third kappa shape index (κ3) is 5.10. The molecule has 6 nitrogen and oxygen atoms in total. The maximum atomic E-state index is 13.6. The molecule has 0 aliphatic carbocycles. The Kier molecular flexibility index (Phi) is 7.68. The van der Waals surface area contributed by atoms with Crippen LogP contribution in [-0.2, 0) is 9.59 Å². The maximum Gasteiger partial charge on any atom is 0.300 e. The predicted molar refractivity (Wildman–Crippen MR) is 136 cm³/mol. The van der Waals surface area contributed by atoms with E-state index in [-0.39, 0.29) is 11.3 Å². The van der Waals surface area contributed by atoms with Crippen LogP contribution in [0.3, 0.4) is 0 Å². The van der Waals surface area contributed by atoms with Gasteiger partial charge in [0.15, 0.2) is 0 Å². The molecule has 0 spiro atoms. The van der Waals surface area contributed by atoms with Crippen LogP contribution >= 0.6 is 0 Å². The molecule has 1 aliphatic heterocycles. The van der Waals surface area contributed by atoms with Crippen molar-refractivity contribution in [3.8, 4) is 11.5 Å². The van der Waals surface area contributed by atoms with Crippen molar-refractivity contribution in [3.05, 3.63) is 95.3 Å². The van der Waals surface area contributed by atoms with Crippen molar-refractivity contribution >= 4 is 23.1 Å². The van der Waals surface area contributed by atoms with Gasteiger partial charge in [-0.15, -0.1) is 0 Å². The van der Waals surface area contributed by atoms with Gasteiger partial charge in [0.1, 0.15) is 23.1 Å². The maximum absolute atomic E-state index is 13.6. The molecule has 4 rings (SSSR count). The highest BCUT2D eigenvalue weighted by molar-refractivity contribution is 6.51. The largest absolute Gasteiger partial charge is 0.507 e. The minimum Gasteiger partial charge on any atom is -0.507 e. The number of ether oxygens (including phenoxy) is 2. The van der Waals surface area contributed by atoms with Gasteiger partial charge in [0.05, 0.1) is 25.3 Å². The van der Waals surface area contributed by atoms with Crippen LogP contribution < -0.4 is 14.4 Å². The standard InChI is InChI=1S/C29H28FNO5/c1-3-4-5-17-36-23-15-9-19(10-16-23)27(32)25-26(20-7-6-8-24(18-20)35-2)31(29(34)28(25)33)22-13-11-21(30)12-14-22/h6-16,18,26,32H,3-5,17H2,1-2H3/b27-25-. The van der Waals surface area contributed by atoms with Crippen molar-refractivity contribution in [1.82, 2.24) is 0 Å². The summed E-state index contributed by atoms with van der Waals surface area (Å²) in [6, 6.07) is 18.0. The number of hydrogen-bond acceptors (Lipinski definition) is 5. The molecule has 7 heteroatoms. The van der Waals surface area contributed by atoms with Crippen LogP contribution in [0.4, 0.5) is 10.1 Å². The Morgan fingerprint density at radius 1 is 0.972 bits per heavy atom. The van der Waals surface area contributed by atoms with E-state index in [1.54, 1.807) is 48.5 Å². The van der Waals surface area contributed by atoms with Gasteiger partial charge in [-0.05, 0) is 72.6 Å². The first-order chi connectivity index (χ1) is 17.4. The van der Waals surface area contributed by atoms with Crippen LogP contribution in [0, 0.1) is 5.82 Å². The van der Waals surface area contributed by atoms with Crippen molar-refractivity contribution in [2.75, 3.05) is 18.6 Å². The zero-order valence-electron chi connectivity index (χ0n) is 20.2. The lowest BCUT2D eigenvalue weighted by Crippen LogP contribution is -2.29. The molecule has 0 saturated carbocycles. The van der Waals surface area contributed by atoms with Gasteiger partial charge in [0.2, 0.25) is 0 Å². The number of benzene rings is 3. The molecule has 1 atom stereocenters. The van der Waals surface area contributed by atoms with Gasteiger partial charge >= 0.3 is 0 Å². The number of Topliss-reactive ketones (excluding diaryl/α,β-unsaturated/α-hetero) is 1. The number of nitrogens with zero attached hydrogens (tertiary/aromatic N) is 1. The molecule has 0 bridgehead atoms. The molecular weight excluding hydrogens is 461 g/mol. The zero-order chi connectivity index (χ0) is 25.7. The molecule has 1 unspecified atom stereocenters. The highest BCUT2D eigenvalue weighted by Gasteiger charge is 2.47. The van der Waals surface area contributed by atoms with Crippen LogP contribution in [0.15, 0.2) is 78.4 Å². The van der Waals surface area contributed by atoms with E-state index in [1.165, 1.54) is 36.3 Å². The van der Waals surface area contributed by atoms with Gasteiger partial charge in [-0.25, -0.2) is 4.39 Å². The number of methoxy groups -OCH3 is 1. The van der Waals surface area contributed by atoms with Crippen molar-refractivity contribution < 1.29 is 28.6 Å². The number of hydrogen-bond donors (Lipinski definition) is 1. The van der Waals surface area contributed by atoms with Crippen LogP contribution in [0.25, 0.3) is 5.76 Å². The molecule has 1 aliphatic rings. The predicted octanol–water partition coefficient (Wildman–Crippen LogP) is 6.03. The van der Waals surface area contributed by atoms with E-state index < -0.39 is 23.5 Å². The van der Waals surface area contributed by atoms with Crippen molar-refractivity contribution in [1.29, 1.82) is 0 Å². The molecule has 3 aromatic carbocycles. The molecule has 1 N–H and O–H groups in total. The molecule has 3 aromatic rings. The van der Waals surface area contributed by atoms with Crippen LogP contribution in [-0.4, -0.2) is 30.5 Å². The summed E-state index contributed by atoms with van der Waals surface area (Å²) in [6.07, 6.45) is 3.13. The smallest absolute Gasteiger partial charge is 0.300 e. The second-order valence-electron chi connectivity index (χ2n) is 8.50. The molecule has 1 saturated heterocycles. The SMILES string of the molecule is CCCCCOc1ccc(/C(O)=C2/C(=O)C(=O)N(c3ccc(F)cc3)C2c2cccc(OC)c2)cc1. The number of carbonyl (C=O) groups is 2. The van der Waals surface area contributed by atoms with Gasteiger partial charge in [0.25, 0.3) is 11.7 Å². The summed E-state index contributed by atoms with van der Waals surface area (Å²) in [6.45, 7) is 2.72. The summed E-state index contributed by atoms with van der Waals surface area (Å²) in [5, 5.41) is 11.3. The van der Waals surface area contributed by atoms with Gasteiger partial charge < -0.3 is 14.6 Å². The minimum atomic E-state index is -0.935. The summed E-state index contributed by atoms with van der Waals surface area (Å²) < 4.78 is 24.7. The Bertz CT molecular complexity index is 1270. The van der Waals surface area contributed by atoms with Crippen LogP contribution in [0.1, 0.15) is 43.4 Å². The third-order valence-electron chi connectivity index (χ3n) is 6.10. The first kappa shape index (κ1) is 25.0. The van der Waals surface area contributed by atoms with E-state index in [9.17, 15) is 19.1 Å². The molecule has 36 heavy (non-hydrogen) atoms. The Balaban J connectivity index is 1.77. The van der Waals surface area contributed by atoms with Crippen molar-refractivity contribution in [3.63, 3.8) is 0 Å². The average Bonchev–Trinajstić information content (AvgIpc) is 3.17. The fraction of sp³-hybridized carbons (Fsp3) is 0.241. The number of aliphatic hydroxyl groups excluding tert-OH is 1. The number of anilines is 1. The van der Waals surface area contributed by atoms with Crippen LogP contribution in [0.2, 0.25) is 0 Å². The highest BCUT2D eigenvalue weighted by atomic mass is 19.1. The fourth-order valence-corrected chi connectivity index (χ4v) is 4.23. The number of carbonyl (C=O) groups excluding carboxylic acids is 2. The van der Waals surface area contributed by atoms with E-state index in [2.05, 4.69) is 6.92 Å². The number of rotatable bonds is 9. The molecule has 0 radical (unpaired) electrons.